The van der Waals surface area contributed by atoms with Gasteiger partial charge in [-0.2, -0.15) is 5.10 Å². The van der Waals surface area contributed by atoms with Crippen molar-refractivity contribution in [3.63, 3.8) is 0 Å². The van der Waals surface area contributed by atoms with E-state index in [0.29, 0.717) is 5.56 Å². The van der Waals surface area contributed by atoms with Crippen LogP contribution in [-0.2, 0) is 0 Å². The third kappa shape index (κ3) is 1.52. The minimum atomic E-state index is 0.614. The van der Waals surface area contributed by atoms with Gasteiger partial charge in [0.1, 0.15) is 5.52 Å². The zero-order valence-electron chi connectivity index (χ0n) is 9.97. The number of benzene rings is 2. The van der Waals surface area contributed by atoms with Crippen LogP contribution in [0.15, 0.2) is 42.5 Å². The molecule has 0 radical (unpaired) electrons. The van der Waals surface area contributed by atoms with E-state index in [4.69, 9.17) is 0 Å². The highest BCUT2D eigenvalue weighted by Gasteiger charge is 2.11. The van der Waals surface area contributed by atoms with E-state index in [0.717, 1.165) is 28.4 Å². The Bertz CT molecular complexity index is 728. The van der Waals surface area contributed by atoms with Gasteiger partial charge in [-0.3, -0.25) is 9.89 Å². The molecule has 1 N–H and O–H groups in total. The first-order valence-electron chi connectivity index (χ1n) is 5.79. The molecule has 88 valence electrons. The monoisotopic (exact) mass is 236 g/mol. The van der Waals surface area contributed by atoms with Crippen molar-refractivity contribution in [1.29, 1.82) is 0 Å². The van der Waals surface area contributed by atoms with Crippen LogP contribution in [0.25, 0.3) is 22.2 Å². The van der Waals surface area contributed by atoms with Crippen LogP contribution in [0.4, 0.5) is 0 Å². The summed E-state index contributed by atoms with van der Waals surface area (Å²) in [5.41, 5.74) is 4.60. The molecule has 0 aliphatic heterocycles. The summed E-state index contributed by atoms with van der Waals surface area (Å²) in [6.07, 6.45) is 0.838. The second-order valence-corrected chi connectivity index (χ2v) is 4.27. The van der Waals surface area contributed by atoms with E-state index in [1.807, 2.05) is 24.3 Å². The quantitative estimate of drug-likeness (QED) is 0.693. The second kappa shape index (κ2) is 4.11. The van der Waals surface area contributed by atoms with Crippen molar-refractivity contribution in [2.24, 2.45) is 0 Å². The van der Waals surface area contributed by atoms with Crippen molar-refractivity contribution in [3.05, 3.63) is 53.6 Å². The highest BCUT2D eigenvalue weighted by molar-refractivity contribution is 6.02. The summed E-state index contributed by atoms with van der Waals surface area (Å²) in [7, 11) is 0. The molecule has 3 rings (SSSR count). The number of nitrogens with zero attached hydrogens (tertiary/aromatic N) is 1. The van der Waals surface area contributed by atoms with E-state index in [9.17, 15) is 4.79 Å². The SMILES string of the molecule is Cc1ccccc1-c1[nH]nc2c(C=O)cccc12. The van der Waals surface area contributed by atoms with E-state index < -0.39 is 0 Å². The van der Waals surface area contributed by atoms with E-state index >= 15 is 0 Å². The Labute approximate surface area is 104 Å². The summed E-state index contributed by atoms with van der Waals surface area (Å²) in [4.78, 5) is 11.0. The van der Waals surface area contributed by atoms with Crippen LogP contribution in [0.3, 0.4) is 0 Å². The predicted octanol–water partition coefficient (Wildman–Crippen LogP) is 3.35. The maximum absolute atomic E-state index is 11.0. The standard InChI is InChI=1S/C15H12N2O/c1-10-5-2-3-7-12(10)15-13-8-4-6-11(9-18)14(13)16-17-15/h2-9H,1H3,(H,16,17). The summed E-state index contributed by atoms with van der Waals surface area (Å²) >= 11 is 0. The number of carbonyl (C=O) groups is 1. The molecule has 0 unspecified atom stereocenters. The van der Waals surface area contributed by atoms with Gasteiger partial charge in [0.15, 0.2) is 6.29 Å². The number of aryl methyl sites for hydroxylation is 1. The first-order chi connectivity index (χ1) is 8.81. The number of H-pyrrole nitrogens is 1. The number of nitrogens with one attached hydrogen (secondary N) is 1. The molecule has 0 spiro atoms. The zero-order chi connectivity index (χ0) is 12.5. The summed E-state index contributed by atoms with van der Waals surface area (Å²) in [6, 6.07) is 13.8. The number of fused-ring (bicyclic) bond motifs is 1. The van der Waals surface area contributed by atoms with Gasteiger partial charge < -0.3 is 0 Å². The molecule has 3 nitrogen and oxygen atoms in total. The zero-order valence-corrected chi connectivity index (χ0v) is 9.97. The molecule has 1 heterocycles. The molecule has 3 heteroatoms. The van der Waals surface area contributed by atoms with Crippen LogP contribution in [0, 0.1) is 6.92 Å². The first kappa shape index (κ1) is 10.7. The molecular weight excluding hydrogens is 224 g/mol. The topological polar surface area (TPSA) is 45.8 Å². The average molecular weight is 236 g/mol. The van der Waals surface area contributed by atoms with Gasteiger partial charge in [-0.15, -0.1) is 0 Å². The minimum absolute atomic E-state index is 0.614. The highest BCUT2D eigenvalue weighted by atomic mass is 16.1. The maximum Gasteiger partial charge on any atom is 0.152 e. The predicted molar refractivity (Wildman–Crippen MR) is 71.7 cm³/mol. The number of hydrogen-bond donors (Lipinski definition) is 1. The van der Waals surface area contributed by atoms with Gasteiger partial charge in [0, 0.05) is 16.5 Å². The lowest BCUT2D eigenvalue weighted by Crippen LogP contribution is -1.83. The van der Waals surface area contributed by atoms with Crippen molar-refractivity contribution in [2.45, 2.75) is 6.92 Å². The van der Waals surface area contributed by atoms with Crippen molar-refractivity contribution in [2.75, 3.05) is 0 Å². The molecular formula is C15H12N2O. The fourth-order valence-corrected chi connectivity index (χ4v) is 2.21. The third-order valence-electron chi connectivity index (χ3n) is 3.16. The molecule has 0 bridgehead atoms. The highest BCUT2D eigenvalue weighted by Crippen LogP contribution is 2.29. The lowest BCUT2D eigenvalue weighted by atomic mass is 10.0. The van der Waals surface area contributed by atoms with Gasteiger partial charge in [0.05, 0.1) is 5.69 Å². The molecule has 0 saturated heterocycles. The number of para-hydroxylation sites is 1. The minimum Gasteiger partial charge on any atom is -0.298 e. The molecule has 1 aromatic heterocycles. The first-order valence-corrected chi connectivity index (χ1v) is 5.79. The Morgan fingerprint density at radius 2 is 1.94 bits per heavy atom. The molecule has 0 amide bonds. The lowest BCUT2D eigenvalue weighted by Gasteiger charge is -2.03. The van der Waals surface area contributed by atoms with E-state index in [2.05, 4.69) is 29.3 Å². The van der Waals surface area contributed by atoms with Crippen molar-refractivity contribution in [3.8, 4) is 11.3 Å². The average Bonchev–Trinajstić information content (AvgIpc) is 2.83. The number of hydrogen-bond acceptors (Lipinski definition) is 2. The van der Waals surface area contributed by atoms with Crippen LogP contribution in [0.2, 0.25) is 0 Å². The van der Waals surface area contributed by atoms with Gasteiger partial charge in [-0.1, -0.05) is 36.4 Å². The molecule has 0 aliphatic rings. The summed E-state index contributed by atoms with van der Waals surface area (Å²) in [5, 5.41) is 8.27. The fraction of sp³-hybridized carbons (Fsp3) is 0.0667. The van der Waals surface area contributed by atoms with E-state index in [-0.39, 0.29) is 0 Å². The van der Waals surface area contributed by atoms with Gasteiger partial charge >= 0.3 is 0 Å². The van der Waals surface area contributed by atoms with E-state index in [1.165, 1.54) is 5.56 Å². The summed E-state index contributed by atoms with van der Waals surface area (Å²) in [6.45, 7) is 2.06. The van der Waals surface area contributed by atoms with Crippen molar-refractivity contribution in [1.82, 2.24) is 10.2 Å². The van der Waals surface area contributed by atoms with Crippen LogP contribution in [-0.4, -0.2) is 16.5 Å². The summed E-state index contributed by atoms with van der Waals surface area (Å²) in [5.74, 6) is 0. The van der Waals surface area contributed by atoms with Gasteiger partial charge in [-0.25, -0.2) is 0 Å². The third-order valence-corrected chi connectivity index (χ3v) is 3.16. The molecule has 0 aliphatic carbocycles. The molecule has 2 aromatic carbocycles. The Hall–Kier alpha value is -2.42. The smallest absolute Gasteiger partial charge is 0.152 e. The number of rotatable bonds is 2. The number of aldehydes is 1. The molecule has 0 atom stereocenters. The van der Waals surface area contributed by atoms with Gasteiger partial charge in [0.2, 0.25) is 0 Å². The number of aromatic amines is 1. The van der Waals surface area contributed by atoms with Gasteiger partial charge in [-0.05, 0) is 18.6 Å². The Kier molecular flexibility index (Phi) is 2.45. The van der Waals surface area contributed by atoms with Gasteiger partial charge in [0.25, 0.3) is 0 Å². The normalized spacial score (nSPS) is 10.7. The molecule has 3 aromatic rings. The Morgan fingerprint density at radius 1 is 1.11 bits per heavy atom. The number of carbonyl (C=O) groups excluding carboxylic acids is 1. The number of aromatic nitrogens is 2. The second-order valence-electron chi connectivity index (χ2n) is 4.27. The van der Waals surface area contributed by atoms with Crippen LogP contribution >= 0.6 is 0 Å². The fourth-order valence-electron chi connectivity index (χ4n) is 2.21. The van der Waals surface area contributed by atoms with Crippen LogP contribution in [0.5, 0.6) is 0 Å². The van der Waals surface area contributed by atoms with Crippen molar-refractivity contribution < 1.29 is 4.79 Å². The molecule has 0 saturated carbocycles. The molecule has 0 fully saturated rings. The largest absolute Gasteiger partial charge is 0.298 e. The Balaban J connectivity index is 2.32. The van der Waals surface area contributed by atoms with Crippen LogP contribution in [0.1, 0.15) is 15.9 Å². The Morgan fingerprint density at radius 3 is 2.72 bits per heavy atom. The van der Waals surface area contributed by atoms with E-state index in [1.54, 1.807) is 6.07 Å². The summed E-state index contributed by atoms with van der Waals surface area (Å²) < 4.78 is 0. The maximum atomic E-state index is 11.0. The lowest BCUT2D eigenvalue weighted by molar-refractivity contribution is 0.112. The van der Waals surface area contributed by atoms with Crippen molar-refractivity contribution >= 4 is 17.2 Å². The van der Waals surface area contributed by atoms with Crippen LogP contribution < -0.4 is 0 Å². The molecule has 18 heavy (non-hydrogen) atoms.